The van der Waals surface area contributed by atoms with E-state index >= 15 is 0 Å². The van der Waals surface area contributed by atoms with Crippen LogP contribution in [0.15, 0.2) is 54.6 Å². The zero-order valence-corrected chi connectivity index (χ0v) is 15.7. The third kappa shape index (κ3) is 3.09. The number of nitrogen functional groups attached to an aromatic ring is 1. The largest absolute Gasteiger partial charge is 0.398 e. The standard InChI is InChI=1S/C19H16ClN3O3S/c20-15-8-9-17(14-2-1-3-16(21)18(14)15)22-19(24)12-4-6-13(7-5-12)23-10-11-27(23,25)26/h1-9H,10-11,21H2,(H,22,24). The summed E-state index contributed by atoms with van der Waals surface area (Å²) in [4.78, 5) is 12.6. The van der Waals surface area contributed by atoms with Crippen LogP contribution in [0, 0.1) is 0 Å². The molecule has 1 heterocycles. The van der Waals surface area contributed by atoms with Crippen LogP contribution in [0.2, 0.25) is 5.02 Å². The van der Waals surface area contributed by atoms with E-state index in [9.17, 15) is 13.2 Å². The molecule has 3 N–H and O–H groups in total. The summed E-state index contributed by atoms with van der Waals surface area (Å²) in [6.45, 7) is 0.464. The van der Waals surface area contributed by atoms with Gasteiger partial charge in [0.2, 0.25) is 10.0 Å². The molecule has 0 aliphatic carbocycles. The van der Waals surface area contributed by atoms with Crippen LogP contribution in [-0.2, 0) is 10.0 Å². The molecule has 0 unspecified atom stereocenters. The number of carbonyl (C=O) groups is 1. The highest BCUT2D eigenvalue weighted by Gasteiger charge is 2.32. The molecule has 27 heavy (non-hydrogen) atoms. The Hall–Kier alpha value is -2.77. The molecule has 1 fully saturated rings. The van der Waals surface area contributed by atoms with Crippen LogP contribution >= 0.6 is 11.6 Å². The Morgan fingerprint density at radius 2 is 1.81 bits per heavy atom. The fourth-order valence-corrected chi connectivity index (χ4v) is 4.47. The lowest BCUT2D eigenvalue weighted by Crippen LogP contribution is -2.47. The minimum atomic E-state index is -3.18. The molecule has 0 radical (unpaired) electrons. The lowest BCUT2D eigenvalue weighted by molar-refractivity contribution is 0.102. The highest BCUT2D eigenvalue weighted by atomic mass is 35.5. The number of sulfonamides is 1. The van der Waals surface area contributed by atoms with Crippen molar-refractivity contribution in [2.24, 2.45) is 0 Å². The molecule has 1 aliphatic heterocycles. The summed E-state index contributed by atoms with van der Waals surface area (Å²) < 4.78 is 24.7. The first-order chi connectivity index (χ1) is 12.9. The average Bonchev–Trinajstić information content (AvgIpc) is 2.64. The number of rotatable bonds is 3. The van der Waals surface area contributed by atoms with E-state index in [2.05, 4.69) is 5.32 Å². The summed E-state index contributed by atoms with van der Waals surface area (Å²) in [5, 5.41) is 4.82. The van der Waals surface area contributed by atoms with Gasteiger partial charge in [0, 0.05) is 34.3 Å². The first-order valence-corrected chi connectivity index (χ1v) is 10.2. The van der Waals surface area contributed by atoms with Gasteiger partial charge in [-0.25, -0.2) is 8.42 Å². The van der Waals surface area contributed by atoms with Gasteiger partial charge in [-0.1, -0.05) is 23.7 Å². The maximum absolute atomic E-state index is 12.6. The fraction of sp³-hybridized carbons (Fsp3) is 0.105. The molecule has 4 rings (SSSR count). The van der Waals surface area contributed by atoms with Gasteiger partial charge in [0.05, 0.1) is 16.5 Å². The van der Waals surface area contributed by atoms with Gasteiger partial charge in [0.25, 0.3) is 5.91 Å². The molecule has 6 nitrogen and oxygen atoms in total. The van der Waals surface area contributed by atoms with E-state index in [-0.39, 0.29) is 11.7 Å². The van der Waals surface area contributed by atoms with Gasteiger partial charge in [-0.3, -0.25) is 9.10 Å². The molecular weight excluding hydrogens is 386 g/mol. The van der Waals surface area contributed by atoms with Crippen molar-refractivity contribution in [3.63, 3.8) is 0 Å². The third-order valence-electron chi connectivity index (χ3n) is 4.58. The van der Waals surface area contributed by atoms with Gasteiger partial charge in [-0.15, -0.1) is 0 Å². The molecular formula is C19H16ClN3O3S. The van der Waals surface area contributed by atoms with E-state index in [4.69, 9.17) is 17.3 Å². The second-order valence-electron chi connectivity index (χ2n) is 6.25. The first-order valence-electron chi connectivity index (χ1n) is 8.25. The lowest BCUT2D eigenvalue weighted by Gasteiger charge is -2.32. The zero-order chi connectivity index (χ0) is 19.2. The number of benzene rings is 3. The summed E-state index contributed by atoms with van der Waals surface area (Å²) in [6, 6.07) is 15.3. The van der Waals surface area contributed by atoms with Crippen LogP contribution in [0.5, 0.6) is 0 Å². The van der Waals surface area contributed by atoms with Crippen molar-refractivity contribution < 1.29 is 13.2 Å². The predicted molar refractivity (Wildman–Crippen MR) is 109 cm³/mol. The van der Waals surface area contributed by atoms with Crippen LogP contribution in [0.3, 0.4) is 0 Å². The number of carbonyl (C=O) groups excluding carboxylic acids is 1. The van der Waals surface area contributed by atoms with Gasteiger partial charge >= 0.3 is 0 Å². The topological polar surface area (TPSA) is 92.5 Å². The molecule has 0 bridgehead atoms. The van der Waals surface area contributed by atoms with Crippen LogP contribution in [0.4, 0.5) is 17.1 Å². The zero-order valence-electron chi connectivity index (χ0n) is 14.1. The van der Waals surface area contributed by atoms with Crippen LogP contribution < -0.4 is 15.4 Å². The maximum atomic E-state index is 12.6. The molecule has 0 saturated carbocycles. The Balaban J connectivity index is 1.61. The van der Waals surface area contributed by atoms with Crippen molar-refractivity contribution >= 4 is 55.4 Å². The highest BCUT2D eigenvalue weighted by Crippen LogP contribution is 2.34. The van der Waals surface area contributed by atoms with Crippen molar-refractivity contribution in [1.82, 2.24) is 0 Å². The second kappa shape index (κ2) is 6.44. The molecule has 3 aromatic rings. The Labute approximate surface area is 161 Å². The summed E-state index contributed by atoms with van der Waals surface area (Å²) in [7, 11) is -3.18. The number of halogens is 1. The first kappa shape index (κ1) is 17.6. The number of fused-ring (bicyclic) bond motifs is 1. The minimum Gasteiger partial charge on any atom is -0.398 e. The quantitative estimate of drug-likeness (QED) is 0.657. The molecule has 1 aliphatic rings. The second-order valence-corrected chi connectivity index (χ2v) is 8.67. The predicted octanol–water partition coefficient (Wildman–Crippen LogP) is 3.48. The van der Waals surface area contributed by atoms with Crippen molar-refractivity contribution in [2.45, 2.75) is 0 Å². The van der Waals surface area contributed by atoms with Gasteiger partial charge in [0.15, 0.2) is 0 Å². The number of anilines is 3. The van der Waals surface area contributed by atoms with Crippen molar-refractivity contribution in [3.8, 4) is 0 Å². The van der Waals surface area contributed by atoms with Gasteiger partial charge in [-0.2, -0.15) is 0 Å². The average molecular weight is 402 g/mol. The van der Waals surface area contributed by atoms with Gasteiger partial charge in [0.1, 0.15) is 0 Å². The minimum absolute atomic E-state index is 0.155. The SMILES string of the molecule is Nc1cccc2c(NC(=O)c3ccc(N4CCS4(=O)=O)cc3)ccc(Cl)c12. The van der Waals surface area contributed by atoms with Crippen LogP contribution in [-0.4, -0.2) is 26.6 Å². The molecule has 1 amide bonds. The maximum Gasteiger partial charge on any atom is 0.255 e. The smallest absolute Gasteiger partial charge is 0.255 e. The molecule has 0 spiro atoms. The Morgan fingerprint density at radius 3 is 2.44 bits per heavy atom. The normalized spacial score (nSPS) is 15.4. The Morgan fingerprint density at radius 1 is 1.07 bits per heavy atom. The molecule has 1 saturated heterocycles. The Kier molecular flexibility index (Phi) is 4.20. The van der Waals surface area contributed by atoms with Crippen LogP contribution in [0.1, 0.15) is 10.4 Å². The van der Waals surface area contributed by atoms with E-state index < -0.39 is 10.0 Å². The summed E-state index contributed by atoms with van der Waals surface area (Å²) >= 11 is 6.23. The van der Waals surface area contributed by atoms with E-state index in [1.165, 1.54) is 4.31 Å². The number of hydrogen-bond acceptors (Lipinski definition) is 4. The monoisotopic (exact) mass is 401 g/mol. The number of nitrogens with one attached hydrogen (secondary N) is 1. The van der Waals surface area contributed by atoms with Gasteiger partial charge < -0.3 is 11.1 Å². The van der Waals surface area contributed by atoms with E-state index in [0.717, 1.165) is 5.39 Å². The van der Waals surface area contributed by atoms with Crippen molar-refractivity contribution in [3.05, 3.63) is 65.2 Å². The molecule has 3 aromatic carbocycles. The third-order valence-corrected chi connectivity index (χ3v) is 6.65. The number of amides is 1. The molecule has 0 aromatic heterocycles. The van der Waals surface area contributed by atoms with Crippen molar-refractivity contribution in [1.29, 1.82) is 0 Å². The molecule has 0 atom stereocenters. The highest BCUT2D eigenvalue weighted by molar-refractivity contribution is 7.94. The molecule has 138 valence electrons. The van der Waals surface area contributed by atoms with E-state index in [1.54, 1.807) is 48.5 Å². The van der Waals surface area contributed by atoms with E-state index in [1.807, 2.05) is 6.07 Å². The fourth-order valence-electron chi connectivity index (χ4n) is 3.09. The van der Waals surface area contributed by atoms with Crippen molar-refractivity contribution in [2.75, 3.05) is 27.7 Å². The Bertz CT molecular complexity index is 1150. The van der Waals surface area contributed by atoms with Gasteiger partial charge in [-0.05, 0) is 42.5 Å². The number of nitrogens with zero attached hydrogens (tertiary/aromatic N) is 1. The molecule has 8 heteroatoms. The van der Waals surface area contributed by atoms with Crippen LogP contribution in [0.25, 0.3) is 10.8 Å². The summed E-state index contributed by atoms with van der Waals surface area (Å²) in [6.07, 6.45) is 0. The summed E-state index contributed by atoms with van der Waals surface area (Å²) in [5.41, 5.74) is 8.11. The van der Waals surface area contributed by atoms with E-state index in [0.29, 0.717) is 39.6 Å². The number of nitrogens with two attached hydrogens (primary N) is 1. The summed E-state index contributed by atoms with van der Waals surface area (Å²) in [5.74, 6) is -0.152. The lowest BCUT2D eigenvalue weighted by atomic mass is 10.1. The number of hydrogen-bond donors (Lipinski definition) is 2.